The molecule has 11 nitrogen and oxygen atoms in total. The molecule has 0 bridgehead atoms. The zero-order valence-corrected chi connectivity index (χ0v) is 15.0. The van der Waals surface area contributed by atoms with Gasteiger partial charge < -0.3 is 37.4 Å². The van der Waals surface area contributed by atoms with E-state index >= 15 is 0 Å². The zero-order valence-electron chi connectivity index (χ0n) is 15.0. The normalized spacial score (nSPS) is 19.0. The monoisotopic (exact) mass is 375 g/mol. The van der Waals surface area contributed by atoms with Crippen molar-refractivity contribution < 1.29 is 29.7 Å². The van der Waals surface area contributed by atoms with Crippen molar-refractivity contribution in [2.75, 3.05) is 13.1 Å². The first kappa shape index (κ1) is 23.6. The minimum absolute atomic E-state index is 0. The van der Waals surface area contributed by atoms with Crippen LogP contribution in [0.2, 0.25) is 0 Å². The number of carbonyl (C=O) groups excluding carboxylic acids is 2. The van der Waals surface area contributed by atoms with Gasteiger partial charge in [-0.3, -0.25) is 14.6 Å². The van der Waals surface area contributed by atoms with Crippen molar-refractivity contribution in [2.45, 2.75) is 51.4 Å². The van der Waals surface area contributed by atoms with Gasteiger partial charge in [-0.15, -0.1) is 0 Å². The third-order valence-electron chi connectivity index (χ3n) is 3.51. The Bertz CT molecular complexity index is 521. The zero-order chi connectivity index (χ0) is 19.0. The van der Waals surface area contributed by atoms with Crippen molar-refractivity contribution in [3.63, 3.8) is 0 Å². The van der Waals surface area contributed by atoms with Crippen molar-refractivity contribution in [1.82, 2.24) is 10.6 Å². The molecule has 2 amide bonds. The average molecular weight is 375 g/mol. The van der Waals surface area contributed by atoms with E-state index in [4.69, 9.17) is 21.3 Å². The second-order valence-electron chi connectivity index (χ2n) is 6.31. The summed E-state index contributed by atoms with van der Waals surface area (Å²) in [7, 11) is 0. The fraction of sp³-hybridized carbons (Fsp3) is 0.733. The summed E-state index contributed by atoms with van der Waals surface area (Å²) < 4.78 is 4.79. The first-order valence-corrected chi connectivity index (χ1v) is 8.24. The number of nitrogens with zero attached hydrogens (tertiary/aromatic N) is 1. The van der Waals surface area contributed by atoms with Crippen LogP contribution < -0.4 is 22.1 Å². The van der Waals surface area contributed by atoms with E-state index in [1.54, 1.807) is 0 Å². The van der Waals surface area contributed by atoms with Crippen LogP contribution >= 0.6 is 0 Å². The average Bonchev–Trinajstić information content (AvgIpc) is 3.29. The molecule has 9 N–H and O–H groups in total. The highest BCUT2D eigenvalue weighted by Gasteiger charge is 2.51. The Labute approximate surface area is 151 Å². The molecule has 26 heavy (non-hydrogen) atoms. The lowest BCUT2D eigenvalue weighted by molar-refractivity contribution is -0.138. The molecule has 3 unspecified atom stereocenters. The van der Waals surface area contributed by atoms with Crippen LogP contribution in [0.3, 0.4) is 0 Å². The Morgan fingerprint density at radius 1 is 1.19 bits per heavy atom. The summed E-state index contributed by atoms with van der Waals surface area (Å²) in [5.41, 5.74) is 10.4. The Morgan fingerprint density at radius 3 is 2.35 bits per heavy atom. The molecule has 11 heteroatoms. The second-order valence-corrected chi connectivity index (χ2v) is 6.31. The van der Waals surface area contributed by atoms with Gasteiger partial charge in [0.2, 0.25) is 5.91 Å². The van der Waals surface area contributed by atoms with Crippen LogP contribution in [-0.4, -0.2) is 65.7 Å². The van der Waals surface area contributed by atoms with Crippen LogP contribution in [0.25, 0.3) is 0 Å². The smallest absolute Gasteiger partial charge is 0.336 e. The van der Waals surface area contributed by atoms with Crippen LogP contribution in [0.4, 0.5) is 0 Å². The van der Waals surface area contributed by atoms with Gasteiger partial charge in [0.05, 0.1) is 0 Å². The molecule has 0 radical (unpaired) electrons. The highest BCUT2D eigenvalue weighted by atomic mass is 16.6. The van der Waals surface area contributed by atoms with Gasteiger partial charge in [0.25, 0.3) is 5.91 Å². The van der Waals surface area contributed by atoms with Crippen LogP contribution in [0, 0.1) is 5.92 Å². The molecule has 0 saturated carbocycles. The van der Waals surface area contributed by atoms with E-state index in [0.29, 0.717) is 25.9 Å². The van der Waals surface area contributed by atoms with Crippen molar-refractivity contribution >= 4 is 23.7 Å². The lowest BCUT2D eigenvalue weighted by atomic mass is 10.0. The Morgan fingerprint density at radius 2 is 1.85 bits per heavy atom. The standard InChI is InChI=1S/C15H27N5O5.H2O/c1-8(2)7-9(20-13(22)10-11(25-10)14(23)24)12(21)18-5-3-4-6-19-15(16)17;/h8-11H,3-7H2,1-2H3,(H,18,21)(H,20,22)(H,23,24)(H4,16,17,19);1H2. The molecule has 0 aromatic carbocycles. The number of carbonyl (C=O) groups is 3. The molecule has 3 atom stereocenters. The number of nitrogens with two attached hydrogens (primary N) is 2. The van der Waals surface area contributed by atoms with Crippen molar-refractivity contribution in [3.05, 3.63) is 0 Å². The molecule has 0 aromatic heterocycles. The summed E-state index contributed by atoms with van der Waals surface area (Å²) in [6, 6.07) is -0.733. The number of aliphatic imine (C=N–C) groups is 1. The van der Waals surface area contributed by atoms with E-state index in [1.165, 1.54) is 0 Å². The second kappa shape index (κ2) is 11.3. The number of hydrogen-bond acceptors (Lipinski definition) is 5. The summed E-state index contributed by atoms with van der Waals surface area (Å²) in [4.78, 5) is 38.8. The van der Waals surface area contributed by atoms with Gasteiger partial charge >= 0.3 is 5.97 Å². The van der Waals surface area contributed by atoms with E-state index in [1.807, 2.05) is 13.8 Å². The quantitative estimate of drug-likeness (QED) is 0.116. The molecular formula is C15H29N5O6. The largest absolute Gasteiger partial charge is 0.479 e. The first-order valence-electron chi connectivity index (χ1n) is 8.24. The summed E-state index contributed by atoms with van der Waals surface area (Å²) in [6.07, 6.45) is -0.304. The third kappa shape index (κ3) is 8.62. The van der Waals surface area contributed by atoms with Gasteiger partial charge in [0.15, 0.2) is 18.2 Å². The fourth-order valence-corrected chi connectivity index (χ4v) is 2.24. The lowest BCUT2D eigenvalue weighted by Crippen LogP contribution is -2.49. The highest BCUT2D eigenvalue weighted by Crippen LogP contribution is 2.22. The SMILES string of the molecule is CC(C)CC(NC(=O)C1OC1C(=O)O)C(=O)NCCCCN=C(N)N.O. The van der Waals surface area contributed by atoms with Gasteiger partial charge in [-0.1, -0.05) is 13.8 Å². The molecule has 0 aliphatic carbocycles. The fourth-order valence-electron chi connectivity index (χ4n) is 2.24. The first-order chi connectivity index (χ1) is 11.7. The molecule has 1 aliphatic heterocycles. The predicted octanol–water partition coefficient (Wildman–Crippen LogP) is -2.29. The number of carboxylic acids is 1. The number of nitrogens with one attached hydrogen (secondary N) is 2. The molecule has 0 aromatic rings. The molecule has 0 spiro atoms. The van der Waals surface area contributed by atoms with Crippen molar-refractivity contribution in [3.8, 4) is 0 Å². The number of rotatable bonds is 11. The molecular weight excluding hydrogens is 346 g/mol. The number of unbranched alkanes of at least 4 members (excludes halogenated alkanes) is 1. The van der Waals surface area contributed by atoms with Gasteiger partial charge in [0, 0.05) is 13.1 Å². The Kier molecular flexibility index (Phi) is 10.2. The van der Waals surface area contributed by atoms with E-state index in [9.17, 15) is 14.4 Å². The topological polar surface area (TPSA) is 204 Å². The Balaban J connectivity index is 0.00000625. The van der Waals surface area contributed by atoms with E-state index < -0.39 is 30.1 Å². The summed E-state index contributed by atoms with van der Waals surface area (Å²) >= 11 is 0. The van der Waals surface area contributed by atoms with Gasteiger partial charge in [-0.25, -0.2) is 4.79 Å². The Hall–Kier alpha value is -2.40. The summed E-state index contributed by atoms with van der Waals surface area (Å²) in [5.74, 6) is -1.87. The maximum atomic E-state index is 12.3. The van der Waals surface area contributed by atoms with Gasteiger partial charge in [-0.05, 0) is 25.2 Å². The molecule has 1 aliphatic rings. The van der Waals surface area contributed by atoms with Gasteiger partial charge in [-0.2, -0.15) is 0 Å². The van der Waals surface area contributed by atoms with Crippen LogP contribution in [0.15, 0.2) is 4.99 Å². The number of ether oxygens (including phenoxy) is 1. The van der Waals surface area contributed by atoms with Crippen molar-refractivity contribution in [1.29, 1.82) is 0 Å². The lowest BCUT2D eigenvalue weighted by Gasteiger charge is -2.19. The summed E-state index contributed by atoms with van der Waals surface area (Å²) in [5, 5.41) is 14.1. The number of epoxide rings is 1. The number of aliphatic carboxylic acids is 1. The van der Waals surface area contributed by atoms with E-state index in [2.05, 4.69) is 15.6 Å². The number of guanidine groups is 1. The minimum Gasteiger partial charge on any atom is -0.479 e. The highest BCUT2D eigenvalue weighted by molar-refractivity contribution is 5.95. The van der Waals surface area contributed by atoms with Crippen LogP contribution in [0.1, 0.15) is 33.1 Å². The van der Waals surface area contributed by atoms with Gasteiger partial charge in [0.1, 0.15) is 6.04 Å². The van der Waals surface area contributed by atoms with E-state index in [-0.39, 0.29) is 23.3 Å². The molecule has 1 saturated heterocycles. The van der Waals surface area contributed by atoms with E-state index in [0.717, 1.165) is 6.42 Å². The molecule has 1 fully saturated rings. The molecule has 1 heterocycles. The minimum atomic E-state index is -1.19. The number of amides is 2. The maximum Gasteiger partial charge on any atom is 0.336 e. The third-order valence-corrected chi connectivity index (χ3v) is 3.51. The predicted molar refractivity (Wildman–Crippen MR) is 94.2 cm³/mol. The van der Waals surface area contributed by atoms with Crippen LogP contribution in [0.5, 0.6) is 0 Å². The molecule has 150 valence electrons. The number of carboxylic acid groups (broad SMARTS) is 1. The summed E-state index contributed by atoms with van der Waals surface area (Å²) in [6.45, 7) is 4.77. The maximum absolute atomic E-state index is 12.3. The van der Waals surface area contributed by atoms with Crippen LogP contribution in [-0.2, 0) is 19.1 Å². The molecule has 1 rings (SSSR count). The number of hydrogen-bond donors (Lipinski definition) is 5. The van der Waals surface area contributed by atoms with Crippen molar-refractivity contribution in [2.24, 2.45) is 22.4 Å².